The van der Waals surface area contributed by atoms with Crippen LogP contribution in [0.3, 0.4) is 0 Å². The molecular formula is C27H37NO6. The first kappa shape index (κ1) is 27.2. The van der Waals surface area contributed by atoms with E-state index in [-0.39, 0.29) is 11.8 Å². The summed E-state index contributed by atoms with van der Waals surface area (Å²) in [5.41, 5.74) is 1.83. The molecule has 0 aliphatic carbocycles. The highest BCUT2D eigenvalue weighted by Crippen LogP contribution is 2.21. The molecule has 2 rings (SSSR count). The van der Waals surface area contributed by atoms with Crippen LogP contribution in [0.5, 0.6) is 11.5 Å². The van der Waals surface area contributed by atoms with Gasteiger partial charge in [0.15, 0.2) is 6.10 Å². The summed E-state index contributed by atoms with van der Waals surface area (Å²) in [6, 6.07) is 14.7. The number of amides is 1. The predicted molar refractivity (Wildman–Crippen MR) is 132 cm³/mol. The van der Waals surface area contributed by atoms with Crippen LogP contribution in [0.15, 0.2) is 48.5 Å². The average molecular weight is 472 g/mol. The SMILES string of the molecule is CCOC(Cc1ccc(OCCN(CCC(C)(C)C)C(=O)Oc2ccccc2C)cc1)C(=O)O. The van der Waals surface area contributed by atoms with Crippen LogP contribution in [0, 0.1) is 12.3 Å². The molecule has 0 radical (unpaired) electrons. The van der Waals surface area contributed by atoms with Crippen molar-refractivity contribution in [2.45, 2.75) is 53.6 Å². The van der Waals surface area contributed by atoms with Gasteiger partial charge >= 0.3 is 12.1 Å². The first-order valence-electron chi connectivity index (χ1n) is 11.7. The molecule has 0 spiro atoms. The number of aryl methyl sites for hydroxylation is 1. The van der Waals surface area contributed by atoms with E-state index in [0.717, 1.165) is 17.5 Å². The Morgan fingerprint density at radius 1 is 1.03 bits per heavy atom. The highest BCUT2D eigenvalue weighted by Gasteiger charge is 2.21. The number of carbonyl (C=O) groups excluding carboxylic acids is 1. The van der Waals surface area contributed by atoms with Gasteiger partial charge in [-0.15, -0.1) is 0 Å². The van der Waals surface area contributed by atoms with Crippen LogP contribution in [0.25, 0.3) is 0 Å². The Balaban J connectivity index is 1.95. The number of carboxylic acids is 1. The summed E-state index contributed by atoms with van der Waals surface area (Å²) in [7, 11) is 0. The number of rotatable bonds is 12. The third kappa shape index (κ3) is 9.43. The van der Waals surface area contributed by atoms with Crippen molar-refractivity contribution >= 4 is 12.1 Å². The van der Waals surface area contributed by atoms with Crippen molar-refractivity contribution in [1.82, 2.24) is 4.90 Å². The van der Waals surface area contributed by atoms with E-state index < -0.39 is 18.2 Å². The lowest BCUT2D eigenvalue weighted by atomic mass is 9.92. The van der Waals surface area contributed by atoms with Crippen LogP contribution in [0.1, 0.15) is 45.2 Å². The lowest BCUT2D eigenvalue weighted by Crippen LogP contribution is -2.38. The van der Waals surface area contributed by atoms with Crippen LogP contribution in [0.2, 0.25) is 0 Å². The molecule has 0 aromatic heterocycles. The van der Waals surface area contributed by atoms with Gasteiger partial charge in [0.25, 0.3) is 0 Å². The van der Waals surface area contributed by atoms with Gasteiger partial charge in [0.2, 0.25) is 0 Å². The number of carbonyl (C=O) groups is 2. The predicted octanol–water partition coefficient (Wildman–Crippen LogP) is 5.34. The molecule has 1 amide bonds. The van der Waals surface area contributed by atoms with Crippen LogP contribution < -0.4 is 9.47 Å². The zero-order valence-electron chi connectivity index (χ0n) is 20.9. The van der Waals surface area contributed by atoms with E-state index in [4.69, 9.17) is 14.2 Å². The third-order valence-corrected chi connectivity index (χ3v) is 5.30. The molecule has 7 heteroatoms. The van der Waals surface area contributed by atoms with Crippen molar-refractivity contribution < 1.29 is 28.9 Å². The molecular weight excluding hydrogens is 434 g/mol. The highest BCUT2D eigenvalue weighted by atomic mass is 16.6. The molecule has 2 aromatic rings. The Labute approximate surface area is 202 Å². The van der Waals surface area contributed by atoms with E-state index >= 15 is 0 Å². The topological polar surface area (TPSA) is 85.3 Å². The fraction of sp³-hybridized carbons (Fsp3) is 0.481. The lowest BCUT2D eigenvalue weighted by Gasteiger charge is -2.26. The molecule has 0 fully saturated rings. The van der Waals surface area contributed by atoms with Crippen LogP contribution >= 0.6 is 0 Å². The molecule has 0 heterocycles. The van der Waals surface area contributed by atoms with Crippen molar-refractivity contribution in [2.75, 3.05) is 26.3 Å². The summed E-state index contributed by atoms with van der Waals surface area (Å²) in [6.07, 6.45) is -0.148. The summed E-state index contributed by atoms with van der Waals surface area (Å²) >= 11 is 0. The van der Waals surface area contributed by atoms with Crippen molar-refractivity contribution in [3.05, 3.63) is 59.7 Å². The fourth-order valence-electron chi connectivity index (χ4n) is 3.22. The smallest absolute Gasteiger partial charge is 0.415 e. The Kier molecular flexibility index (Phi) is 10.4. The zero-order chi connectivity index (χ0) is 25.1. The van der Waals surface area contributed by atoms with Crippen LogP contribution in [0.4, 0.5) is 4.79 Å². The highest BCUT2D eigenvalue weighted by molar-refractivity contribution is 5.72. The summed E-state index contributed by atoms with van der Waals surface area (Å²) in [5, 5.41) is 9.24. The minimum Gasteiger partial charge on any atom is -0.492 e. The van der Waals surface area contributed by atoms with Crippen molar-refractivity contribution in [1.29, 1.82) is 0 Å². The summed E-state index contributed by atoms with van der Waals surface area (Å²) in [6.45, 7) is 11.7. The number of benzene rings is 2. The number of hydrogen-bond acceptors (Lipinski definition) is 5. The molecule has 0 aliphatic rings. The maximum absolute atomic E-state index is 12.9. The second-order valence-corrected chi connectivity index (χ2v) is 9.41. The number of aliphatic carboxylic acids is 1. The number of carboxylic acid groups (broad SMARTS) is 1. The minimum atomic E-state index is -0.977. The summed E-state index contributed by atoms with van der Waals surface area (Å²) < 4.78 is 16.8. The number of para-hydroxylation sites is 1. The van der Waals surface area contributed by atoms with E-state index in [1.54, 1.807) is 30.0 Å². The van der Waals surface area contributed by atoms with Gasteiger partial charge < -0.3 is 24.2 Å². The lowest BCUT2D eigenvalue weighted by molar-refractivity contribution is -0.149. The minimum absolute atomic E-state index is 0.0766. The Hall–Kier alpha value is -3.06. The maximum Gasteiger partial charge on any atom is 0.415 e. The fourth-order valence-corrected chi connectivity index (χ4v) is 3.22. The Bertz CT molecular complexity index is 919. The van der Waals surface area contributed by atoms with Crippen molar-refractivity contribution in [3.63, 3.8) is 0 Å². The van der Waals surface area contributed by atoms with Gasteiger partial charge in [-0.05, 0) is 55.0 Å². The zero-order valence-corrected chi connectivity index (χ0v) is 20.9. The molecule has 0 saturated heterocycles. The molecule has 0 saturated carbocycles. The summed E-state index contributed by atoms with van der Waals surface area (Å²) in [5.74, 6) is 0.224. The summed E-state index contributed by atoms with van der Waals surface area (Å²) in [4.78, 5) is 25.8. The largest absolute Gasteiger partial charge is 0.492 e. The van der Waals surface area contributed by atoms with Crippen LogP contribution in [-0.4, -0.2) is 54.5 Å². The van der Waals surface area contributed by atoms with Gasteiger partial charge in [-0.1, -0.05) is 51.1 Å². The Morgan fingerprint density at radius 2 is 1.71 bits per heavy atom. The van der Waals surface area contributed by atoms with Gasteiger partial charge in [0.1, 0.15) is 18.1 Å². The average Bonchev–Trinajstić information content (AvgIpc) is 2.77. The first-order chi connectivity index (χ1) is 16.1. The number of ether oxygens (including phenoxy) is 3. The molecule has 1 atom stereocenters. The van der Waals surface area contributed by atoms with Crippen molar-refractivity contribution in [3.8, 4) is 11.5 Å². The molecule has 1 unspecified atom stereocenters. The van der Waals surface area contributed by atoms with Crippen LogP contribution in [-0.2, 0) is 16.0 Å². The molecule has 2 aromatic carbocycles. The molecule has 7 nitrogen and oxygen atoms in total. The van der Waals surface area contributed by atoms with Crippen molar-refractivity contribution in [2.24, 2.45) is 5.41 Å². The van der Waals surface area contributed by atoms with E-state index in [1.807, 2.05) is 37.3 Å². The Morgan fingerprint density at radius 3 is 2.29 bits per heavy atom. The quantitative estimate of drug-likeness (QED) is 0.450. The van der Waals surface area contributed by atoms with Gasteiger partial charge in [-0.25, -0.2) is 9.59 Å². The second-order valence-electron chi connectivity index (χ2n) is 9.41. The van der Waals surface area contributed by atoms with E-state index in [9.17, 15) is 14.7 Å². The first-order valence-corrected chi connectivity index (χ1v) is 11.7. The number of nitrogens with zero attached hydrogens (tertiary/aromatic N) is 1. The van der Waals surface area contributed by atoms with Gasteiger partial charge in [0, 0.05) is 19.6 Å². The second kappa shape index (κ2) is 13.0. The van der Waals surface area contributed by atoms with E-state index in [2.05, 4.69) is 20.8 Å². The molecule has 34 heavy (non-hydrogen) atoms. The van der Waals surface area contributed by atoms with Gasteiger partial charge in [-0.3, -0.25) is 0 Å². The normalized spacial score (nSPS) is 12.1. The van der Waals surface area contributed by atoms with Gasteiger partial charge in [-0.2, -0.15) is 0 Å². The van der Waals surface area contributed by atoms with Gasteiger partial charge in [0.05, 0.1) is 6.54 Å². The van der Waals surface area contributed by atoms with E-state index in [0.29, 0.717) is 37.8 Å². The van der Waals surface area contributed by atoms with E-state index in [1.165, 1.54) is 0 Å². The number of hydrogen-bond donors (Lipinski definition) is 1. The third-order valence-electron chi connectivity index (χ3n) is 5.30. The molecule has 186 valence electrons. The maximum atomic E-state index is 12.9. The monoisotopic (exact) mass is 471 g/mol. The molecule has 0 aliphatic heterocycles. The molecule has 1 N–H and O–H groups in total. The standard InChI is InChI=1S/C27H37NO6/c1-6-32-24(25(29)30)19-21-11-13-22(14-12-21)33-18-17-28(16-15-27(3,4)5)26(31)34-23-10-8-7-9-20(23)2/h7-14,24H,6,15-19H2,1-5H3,(H,29,30). The molecule has 0 bridgehead atoms.